The molecule has 0 bridgehead atoms. The summed E-state index contributed by atoms with van der Waals surface area (Å²) in [6.07, 6.45) is 8.01. The topological polar surface area (TPSA) is 78.8 Å². The van der Waals surface area contributed by atoms with Gasteiger partial charge in [0.15, 0.2) is 5.82 Å². The van der Waals surface area contributed by atoms with Crippen molar-refractivity contribution < 1.29 is 4.79 Å². The van der Waals surface area contributed by atoms with Gasteiger partial charge in [0.25, 0.3) is 5.91 Å². The summed E-state index contributed by atoms with van der Waals surface area (Å²) in [7, 11) is 0. The zero-order valence-electron chi connectivity index (χ0n) is 15.6. The number of nitrogens with zero attached hydrogens (tertiary/aromatic N) is 4. The maximum absolute atomic E-state index is 12.9. The molecule has 3 aromatic heterocycles. The highest BCUT2D eigenvalue weighted by molar-refractivity contribution is 5.92. The van der Waals surface area contributed by atoms with E-state index in [2.05, 4.69) is 49.5 Å². The van der Waals surface area contributed by atoms with Crippen LogP contribution in [-0.4, -0.2) is 43.6 Å². The van der Waals surface area contributed by atoms with Gasteiger partial charge < -0.3 is 14.8 Å². The van der Waals surface area contributed by atoms with Crippen molar-refractivity contribution in [3.63, 3.8) is 0 Å². The van der Waals surface area contributed by atoms with E-state index in [9.17, 15) is 4.79 Å². The number of piperidine rings is 1. The molecule has 2 fully saturated rings. The highest BCUT2D eigenvalue weighted by Crippen LogP contribution is 2.43. The summed E-state index contributed by atoms with van der Waals surface area (Å²) in [6.45, 7) is 1.41. The third-order valence-corrected chi connectivity index (χ3v) is 6.37. The predicted molar refractivity (Wildman–Crippen MR) is 105 cm³/mol. The zero-order chi connectivity index (χ0) is 18.7. The number of aromatic amines is 1. The standard InChI is InChI=1S/C21H22N6O/c28-20(17-13-16(24-25-17)14-5-6-14)26-11-7-21(8-12-26)18-4-2-10-27(18)19-15(23-21)3-1-9-22-19/h1-4,9-10,13-14,23H,5-8,11-12H2,(H,24,25). The van der Waals surface area contributed by atoms with E-state index in [1.54, 1.807) is 0 Å². The summed E-state index contributed by atoms with van der Waals surface area (Å²) in [5, 5.41) is 11.1. The Bertz CT molecular complexity index is 1050. The number of rotatable bonds is 2. The Labute approximate surface area is 162 Å². The fourth-order valence-corrected chi connectivity index (χ4v) is 4.65. The SMILES string of the molecule is O=C(c1cc(C2CC2)[nH]n1)N1CCC2(CC1)Nc1cccnc1-n1cccc12. The van der Waals surface area contributed by atoms with E-state index < -0.39 is 0 Å². The van der Waals surface area contributed by atoms with Crippen molar-refractivity contribution in [1.29, 1.82) is 0 Å². The van der Waals surface area contributed by atoms with E-state index in [0.29, 0.717) is 24.7 Å². The lowest BCUT2D eigenvalue weighted by Gasteiger charge is -2.45. The molecule has 7 heteroatoms. The Hall–Kier alpha value is -3.09. The van der Waals surface area contributed by atoms with Crippen LogP contribution < -0.4 is 5.32 Å². The number of hydrogen-bond donors (Lipinski definition) is 2. The highest BCUT2D eigenvalue weighted by atomic mass is 16.2. The summed E-state index contributed by atoms with van der Waals surface area (Å²) in [6, 6.07) is 10.2. The normalized spacial score (nSPS) is 19.8. The first kappa shape index (κ1) is 15.9. The molecule has 1 aliphatic carbocycles. The maximum atomic E-state index is 12.9. The Morgan fingerprint density at radius 2 is 2.04 bits per heavy atom. The Kier molecular flexibility index (Phi) is 3.24. The first-order valence-electron chi connectivity index (χ1n) is 9.99. The van der Waals surface area contributed by atoms with Crippen LogP contribution in [0.15, 0.2) is 42.7 Å². The van der Waals surface area contributed by atoms with Crippen molar-refractivity contribution >= 4 is 11.6 Å². The average Bonchev–Trinajstić information content (AvgIpc) is 3.25. The first-order chi connectivity index (χ1) is 13.7. The molecule has 0 radical (unpaired) electrons. The Morgan fingerprint density at radius 3 is 2.86 bits per heavy atom. The Balaban J connectivity index is 1.24. The number of likely N-dealkylation sites (tertiary alicyclic amines) is 1. The molecule has 3 aliphatic rings. The molecular weight excluding hydrogens is 352 g/mol. The van der Waals surface area contributed by atoms with E-state index in [1.165, 1.54) is 18.5 Å². The van der Waals surface area contributed by atoms with Crippen LogP contribution in [0.2, 0.25) is 0 Å². The number of H-pyrrole nitrogens is 1. The number of hydrogen-bond acceptors (Lipinski definition) is 4. The summed E-state index contributed by atoms with van der Waals surface area (Å²) < 4.78 is 2.18. The molecule has 1 amide bonds. The molecule has 6 rings (SSSR count). The lowest BCUT2D eigenvalue weighted by Crippen LogP contribution is -2.51. The summed E-state index contributed by atoms with van der Waals surface area (Å²) in [5.74, 6) is 1.55. The number of carbonyl (C=O) groups is 1. The van der Waals surface area contributed by atoms with Gasteiger partial charge in [-0.15, -0.1) is 0 Å². The van der Waals surface area contributed by atoms with Crippen molar-refractivity contribution in [2.24, 2.45) is 0 Å². The van der Waals surface area contributed by atoms with Crippen LogP contribution in [0.4, 0.5) is 5.69 Å². The van der Waals surface area contributed by atoms with Gasteiger partial charge in [0, 0.05) is 42.8 Å². The molecule has 3 aromatic rings. The Morgan fingerprint density at radius 1 is 1.18 bits per heavy atom. The molecule has 0 unspecified atom stereocenters. The quantitative estimate of drug-likeness (QED) is 0.723. The van der Waals surface area contributed by atoms with Gasteiger partial charge in [-0.2, -0.15) is 5.10 Å². The fraction of sp³-hybridized carbons (Fsp3) is 0.381. The minimum absolute atomic E-state index is 0.0336. The summed E-state index contributed by atoms with van der Waals surface area (Å²) >= 11 is 0. The number of carbonyl (C=O) groups excluding carboxylic acids is 1. The molecule has 1 saturated heterocycles. The minimum Gasteiger partial charge on any atom is -0.371 e. The van der Waals surface area contributed by atoms with Gasteiger partial charge in [0.05, 0.1) is 11.2 Å². The molecule has 1 saturated carbocycles. The molecule has 2 N–H and O–H groups in total. The minimum atomic E-state index is -0.166. The monoisotopic (exact) mass is 374 g/mol. The van der Waals surface area contributed by atoms with Crippen LogP contribution in [0.3, 0.4) is 0 Å². The first-order valence-corrected chi connectivity index (χ1v) is 9.99. The number of anilines is 1. The van der Waals surface area contributed by atoms with E-state index in [4.69, 9.17) is 0 Å². The second kappa shape index (κ2) is 5.70. The molecule has 7 nitrogen and oxygen atoms in total. The number of fused-ring (bicyclic) bond motifs is 4. The van der Waals surface area contributed by atoms with E-state index in [1.807, 2.05) is 23.2 Å². The smallest absolute Gasteiger partial charge is 0.274 e. The molecule has 2 aliphatic heterocycles. The van der Waals surface area contributed by atoms with Gasteiger partial charge in [-0.1, -0.05) is 0 Å². The predicted octanol–water partition coefficient (Wildman–Crippen LogP) is 3.03. The fourth-order valence-electron chi connectivity index (χ4n) is 4.65. The van der Waals surface area contributed by atoms with Crippen molar-refractivity contribution in [2.45, 2.75) is 37.1 Å². The van der Waals surface area contributed by atoms with Crippen molar-refractivity contribution in [3.05, 3.63) is 59.8 Å². The second-order valence-electron chi connectivity index (χ2n) is 8.12. The van der Waals surface area contributed by atoms with Crippen LogP contribution in [0.1, 0.15) is 53.5 Å². The van der Waals surface area contributed by atoms with Crippen molar-refractivity contribution in [1.82, 2.24) is 24.6 Å². The molecular formula is C21H22N6O. The van der Waals surface area contributed by atoms with E-state index in [0.717, 1.165) is 30.0 Å². The maximum Gasteiger partial charge on any atom is 0.274 e. The van der Waals surface area contributed by atoms with Gasteiger partial charge >= 0.3 is 0 Å². The summed E-state index contributed by atoms with van der Waals surface area (Å²) in [5.41, 5.74) is 3.76. The molecule has 5 heterocycles. The van der Waals surface area contributed by atoms with Crippen molar-refractivity contribution in [3.8, 4) is 5.82 Å². The molecule has 1 spiro atoms. The number of pyridine rings is 1. The number of aromatic nitrogens is 4. The second-order valence-corrected chi connectivity index (χ2v) is 8.12. The van der Waals surface area contributed by atoms with Crippen LogP contribution in [0.25, 0.3) is 5.82 Å². The van der Waals surface area contributed by atoms with Gasteiger partial charge in [0.2, 0.25) is 0 Å². The van der Waals surface area contributed by atoms with Gasteiger partial charge in [0.1, 0.15) is 5.69 Å². The van der Waals surface area contributed by atoms with Crippen molar-refractivity contribution in [2.75, 3.05) is 18.4 Å². The lowest BCUT2D eigenvalue weighted by molar-refractivity contribution is 0.0670. The molecule has 142 valence electrons. The van der Waals surface area contributed by atoms with E-state index >= 15 is 0 Å². The third kappa shape index (κ3) is 2.32. The van der Waals surface area contributed by atoms with Crippen LogP contribution in [0, 0.1) is 0 Å². The molecule has 0 atom stereocenters. The largest absolute Gasteiger partial charge is 0.371 e. The van der Waals surface area contributed by atoms with Gasteiger partial charge in [-0.3, -0.25) is 9.89 Å². The molecule has 28 heavy (non-hydrogen) atoms. The van der Waals surface area contributed by atoms with Crippen LogP contribution in [-0.2, 0) is 5.54 Å². The van der Waals surface area contributed by atoms with Gasteiger partial charge in [-0.25, -0.2) is 4.98 Å². The number of amides is 1. The van der Waals surface area contributed by atoms with Crippen LogP contribution in [0.5, 0.6) is 0 Å². The molecule has 0 aromatic carbocycles. The average molecular weight is 374 g/mol. The van der Waals surface area contributed by atoms with E-state index in [-0.39, 0.29) is 11.4 Å². The van der Waals surface area contributed by atoms with Crippen LogP contribution >= 0.6 is 0 Å². The number of nitrogens with one attached hydrogen (secondary N) is 2. The third-order valence-electron chi connectivity index (χ3n) is 6.37. The lowest BCUT2D eigenvalue weighted by atomic mass is 9.82. The van der Waals surface area contributed by atoms with Gasteiger partial charge in [-0.05, 0) is 56.0 Å². The zero-order valence-corrected chi connectivity index (χ0v) is 15.6. The highest BCUT2D eigenvalue weighted by Gasteiger charge is 2.43. The summed E-state index contributed by atoms with van der Waals surface area (Å²) in [4.78, 5) is 19.4.